The van der Waals surface area contributed by atoms with E-state index in [2.05, 4.69) is 15.3 Å². The Hall–Kier alpha value is -4.19. The van der Waals surface area contributed by atoms with Gasteiger partial charge < -0.3 is 34.1 Å². The largest absolute Gasteiger partial charge is 0.491 e. The first kappa shape index (κ1) is 33.3. The van der Waals surface area contributed by atoms with Crippen LogP contribution in [0, 0.1) is 0 Å². The summed E-state index contributed by atoms with van der Waals surface area (Å²) in [5.74, 6) is -0.511. The summed E-state index contributed by atoms with van der Waals surface area (Å²) in [5.41, 5.74) is 10.9. The molecule has 0 aliphatic rings. The van der Waals surface area contributed by atoms with Crippen LogP contribution in [-0.2, 0) is 28.5 Å². The van der Waals surface area contributed by atoms with Crippen molar-refractivity contribution in [3.63, 3.8) is 0 Å². The number of carboxylic acid groups (broad SMARTS) is 1. The van der Waals surface area contributed by atoms with Crippen molar-refractivity contribution in [2.75, 3.05) is 66.0 Å². The fourth-order valence-electron chi connectivity index (χ4n) is 4.34. The van der Waals surface area contributed by atoms with Gasteiger partial charge in [-0.25, -0.2) is 0 Å². The lowest BCUT2D eigenvalue weighted by molar-refractivity contribution is -0.137. The van der Waals surface area contributed by atoms with Crippen LogP contribution in [0.25, 0.3) is 32.3 Å². The normalized spacial score (nSPS) is 11.6. The van der Waals surface area contributed by atoms with Gasteiger partial charge in [-0.15, -0.1) is 0 Å². The smallest absolute Gasteiger partial charge is 0.305 e. The molecule has 0 aromatic heterocycles. The average molecular weight is 595 g/mol. The molecule has 0 saturated carbocycles. The first-order chi connectivity index (χ1) is 21.0. The molecule has 0 unspecified atom stereocenters. The number of nitrogens with one attached hydrogen (secondary N) is 1. The third-order valence-electron chi connectivity index (χ3n) is 6.26. The van der Waals surface area contributed by atoms with E-state index in [1.165, 1.54) is 6.92 Å². The van der Waals surface area contributed by atoms with Crippen molar-refractivity contribution < 1.29 is 38.4 Å². The van der Waals surface area contributed by atoms with Crippen molar-refractivity contribution in [1.29, 1.82) is 0 Å². The predicted octanol–water partition coefficient (Wildman–Crippen LogP) is 4.91. The van der Waals surface area contributed by atoms with Crippen LogP contribution in [0.4, 0.5) is 0 Å². The molecular formula is C31H38N4O8. The van der Waals surface area contributed by atoms with E-state index in [1.54, 1.807) is 0 Å². The predicted molar refractivity (Wildman–Crippen MR) is 161 cm³/mol. The molecule has 0 aliphatic heterocycles. The summed E-state index contributed by atoms with van der Waals surface area (Å²) in [4.78, 5) is 25.5. The van der Waals surface area contributed by atoms with E-state index in [-0.39, 0.29) is 12.3 Å². The number of rotatable bonds is 21. The van der Waals surface area contributed by atoms with E-state index in [9.17, 15) is 14.7 Å². The third-order valence-corrected chi connectivity index (χ3v) is 6.26. The van der Waals surface area contributed by atoms with E-state index in [1.807, 2.05) is 60.7 Å². The van der Waals surface area contributed by atoms with Crippen LogP contribution in [0.15, 0.2) is 65.8 Å². The third kappa shape index (κ3) is 11.9. The Balaban J connectivity index is 1.42. The van der Waals surface area contributed by atoms with E-state index in [0.717, 1.165) is 33.2 Å². The second kappa shape index (κ2) is 19.1. The van der Waals surface area contributed by atoms with Crippen molar-refractivity contribution in [2.24, 2.45) is 5.11 Å². The summed E-state index contributed by atoms with van der Waals surface area (Å²) in [5, 5.41) is 17.3. The van der Waals surface area contributed by atoms with Gasteiger partial charge in [-0.3, -0.25) is 9.59 Å². The molecule has 12 nitrogen and oxygen atoms in total. The number of carbonyl (C=O) groups excluding carboxylic acids is 1. The summed E-state index contributed by atoms with van der Waals surface area (Å²) >= 11 is 0. The van der Waals surface area contributed by atoms with Gasteiger partial charge in [0.05, 0.1) is 65.3 Å². The second-order valence-corrected chi connectivity index (χ2v) is 9.38. The molecule has 3 aromatic carbocycles. The lowest BCUT2D eigenvalue weighted by atomic mass is 9.95. The molecule has 0 fully saturated rings. The summed E-state index contributed by atoms with van der Waals surface area (Å²) in [6, 6.07) is 18.9. The second-order valence-electron chi connectivity index (χ2n) is 9.38. The number of fused-ring (bicyclic) bond motifs is 1. The molecular weight excluding hydrogens is 556 g/mol. The zero-order chi connectivity index (χ0) is 30.7. The zero-order valence-corrected chi connectivity index (χ0v) is 24.3. The Morgan fingerprint density at radius 2 is 1.40 bits per heavy atom. The van der Waals surface area contributed by atoms with Crippen LogP contribution < -0.4 is 10.1 Å². The molecule has 3 aromatic rings. The molecule has 1 atom stereocenters. The molecule has 2 N–H and O–H groups in total. The molecule has 0 spiro atoms. The highest BCUT2D eigenvalue weighted by molar-refractivity contribution is 6.00. The Labute approximate surface area is 250 Å². The minimum absolute atomic E-state index is 0.195. The minimum Gasteiger partial charge on any atom is -0.491 e. The summed E-state index contributed by atoms with van der Waals surface area (Å²) < 4.78 is 27.8. The van der Waals surface area contributed by atoms with Gasteiger partial charge in [0.25, 0.3) is 0 Å². The number of benzene rings is 3. The quantitative estimate of drug-likeness (QED) is 0.0761. The van der Waals surface area contributed by atoms with Crippen LogP contribution in [-0.4, -0.2) is 83.0 Å². The van der Waals surface area contributed by atoms with Crippen LogP contribution in [0.5, 0.6) is 5.75 Å². The van der Waals surface area contributed by atoms with Crippen molar-refractivity contribution in [3.8, 4) is 16.9 Å². The van der Waals surface area contributed by atoms with Gasteiger partial charge in [0, 0.05) is 23.8 Å². The number of azide groups is 1. The van der Waals surface area contributed by atoms with Crippen LogP contribution in [0.1, 0.15) is 24.9 Å². The van der Waals surface area contributed by atoms with Gasteiger partial charge in [-0.2, -0.15) is 0 Å². The van der Waals surface area contributed by atoms with Gasteiger partial charge >= 0.3 is 5.97 Å². The molecule has 0 aliphatic carbocycles. The van der Waals surface area contributed by atoms with Crippen molar-refractivity contribution in [2.45, 2.75) is 19.4 Å². The van der Waals surface area contributed by atoms with E-state index >= 15 is 0 Å². The summed E-state index contributed by atoms with van der Waals surface area (Å²) in [6.45, 7) is 5.55. The Kier molecular flexibility index (Phi) is 14.8. The van der Waals surface area contributed by atoms with Crippen molar-refractivity contribution in [3.05, 3.63) is 76.7 Å². The topological polar surface area (TPSA) is 161 Å². The number of hydrogen-bond donors (Lipinski definition) is 2. The molecule has 3 rings (SSSR count). The summed E-state index contributed by atoms with van der Waals surface area (Å²) in [6.07, 6.45) is -0.195. The maximum atomic E-state index is 11.6. The SMILES string of the molecule is CC(=O)N[C@@H](CC(=O)O)c1ccc(-c2ccc(OCCOCCOCCOCCOCCN=[N+]=[N-])c3ccccc23)cc1. The van der Waals surface area contributed by atoms with Crippen molar-refractivity contribution in [1.82, 2.24) is 5.32 Å². The number of aliphatic carboxylic acids is 1. The number of nitrogens with zero attached hydrogens (tertiary/aromatic N) is 3. The number of hydrogen-bond acceptors (Lipinski definition) is 8. The Morgan fingerprint density at radius 1 is 0.814 bits per heavy atom. The maximum Gasteiger partial charge on any atom is 0.305 e. The fraction of sp³-hybridized carbons (Fsp3) is 0.419. The monoisotopic (exact) mass is 594 g/mol. The van der Waals surface area contributed by atoms with Crippen molar-refractivity contribution >= 4 is 22.6 Å². The molecule has 0 saturated heterocycles. The Bertz CT molecular complexity index is 1330. The molecule has 0 bridgehead atoms. The molecule has 1 amide bonds. The average Bonchev–Trinajstić information content (AvgIpc) is 3.00. The number of amides is 1. The molecule has 0 radical (unpaired) electrons. The molecule has 230 valence electrons. The highest BCUT2D eigenvalue weighted by atomic mass is 16.6. The number of carboxylic acids is 1. The van der Waals surface area contributed by atoms with Crippen LogP contribution in [0.3, 0.4) is 0 Å². The lowest BCUT2D eigenvalue weighted by Crippen LogP contribution is -2.27. The molecule has 43 heavy (non-hydrogen) atoms. The highest BCUT2D eigenvalue weighted by Crippen LogP contribution is 2.35. The van der Waals surface area contributed by atoms with Gasteiger partial charge in [0.2, 0.25) is 5.91 Å². The fourth-order valence-corrected chi connectivity index (χ4v) is 4.34. The number of carbonyl (C=O) groups is 2. The van der Waals surface area contributed by atoms with E-state index in [0.29, 0.717) is 66.0 Å². The summed E-state index contributed by atoms with van der Waals surface area (Å²) in [7, 11) is 0. The van der Waals surface area contributed by atoms with E-state index < -0.39 is 12.0 Å². The van der Waals surface area contributed by atoms with Crippen LogP contribution in [0.2, 0.25) is 0 Å². The molecule has 0 heterocycles. The van der Waals surface area contributed by atoms with E-state index in [4.69, 9.17) is 29.2 Å². The van der Waals surface area contributed by atoms with Gasteiger partial charge in [0.1, 0.15) is 12.4 Å². The van der Waals surface area contributed by atoms with Gasteiger partial charge in [-0.05, 0) is 33.7 Å². The standard InChI is InChI=1S/C31H38N4O8/c1-23(36)34-29(22-31(37)38)25-8-6-24(7-9-25)26-10-11-30(28-5-3-2-4-27(26)28)43-21-20-42-19-18-41-17-16-40-15-14-39-13-12-33-35-32/h2-11,29H,12-22H2,1H3,(H,34,36)(H,37,38)/t29-/m0/s1. The maximum absolute atomic E-state index is 11.6. The number of ether oxygens (including phenoxy) is 5. The minimum atomic E-state index is -0.982. The first-order valence-electron chi connectivity index (χ1n) is 14.0. The zero-order valence-electron chi connectivity index (χ0n) is 24.3. The lowest BCUT2D eigenvalue weighted by Gasteiger charge is -2.17. The van der Waals surface area contributed by atoms with Crippen LogP contribution >= 0.6 is 0 Å². The Morgan fingerprint density at radius 3 is 1.98 bits per heavy atom. The van der Waals surface area contributed by atoms with Gasteiger partial charge in [0.15, 0.2) is 0 Å². The van der Waals surface area contributed by atoms with Gasteiger partial charge in [-0.1, -0.05) is 59.7 Å². The molecule has 12 heteroatoms. The highest BCUT2D eigenvalue weighted by Gasteiger charge is 2.17. The first-order valence-corrected chi connectivity index (χ1v) is 14.0.